The number of nitrogens with zero attached hydrogens (tertiary/aromatic N) is 3. The summed E-state index contributed by atoms with van der Waals surface area (Å²) in [4.78, 5) is 36.5. The third-order valence-electron chi connectivity index (χ3n) is 3.82. The summed E-state index contributed by atoms with van der Waals surface area (Å²) < 4.78 is 0. The molecule has 9 nitrogen and oxygen atoms in total. The van der Waals surface area contributed by atoms with Crippen LogP contribution in [-0.2, 0) is 4.79 Å². The second-order valence-electron chi connectivity index (χ2n) is 5.48. The zero-order chi connectivity index (χ0) is 17.5. The number of hydrogen-bond donors (Lipinski definition) is 2. The first-order chi connectivity index (χ1) is 11.5. The lowest BCUT2D eigenvalue weighted by Crippen LogP contribution is -2.52. The van der Waals surface area contributed by atoms with Crippen LogP contribution in [0, 0.1) is 10.1 Å². The van der Waals surface area contributed by atoms with Gasteiger partial charge < -0.3 is 20.2 Å². The van der Waals surface area contributed by atoms with Gasteiger partial charge in [-0.3, -0.25) is 14.9 Å². The summed E-state index contributed by atoms with van der Waals surface area (Å²) in [6.07, 6.45) is 0.426. The number of aliphatic carboxylic acids is 1. The Morgan fingerprint density at radius 3 is 2.58 bits per heavy atom. The number of carbonyl (C=O) groups is 2. The molecule has 2 amide bonds. The standard InChI is InChI=1S/C15H20N4O5/c20-14(21)5-2-6-16-15(22)18-9-7-17(8-10-18)12-3-1-4-13(11-12)19(23)24/h1,3-4,11H,2,5-10H2,(H,16,22)(H,20,21). The number of nitro groups is 1. The number of rotatable bonds is 6. The fourth-order valence-electron chi connectivity index (χ4n) is 2.52. The van der Waals surface area contributed by atoms with Crippen LogP contribution < -0.4 is 10.2 Å². The number of nitrogens with one attached hydrogen (secondary N) is 1. The van der Waals surface area contributed by atoms with Crippen LogP contribution in [0.5, 0.6) is 0 Å². The quantitative estimate of drug-likeness (QED) is 0.459. The largest absolute Gasteiger partial charge is 0.481 e. The first-order valence-electron chi connectivity index (χ1n) is 7.71. The summed E-state index contributed by atoms with van der Waals surface area (Å²) >= 11 is 0. The van der Waals surface area contributed by atoms with E-state index in [-0.39, 0.29) is 18.1 Å². The van der Waals surface area contributed by atoms with Crippen LogP contribution in [0.15, 0.2) is 24.3 Å². The molecule has 0 spiro atoms. The number of carboxylic acids is 1. The second-order valence-corrected chi connectivity index (χ2v) is 5.48. The van der Waals surface area contributed by atoms with E-state index in [0.29, 0.717) is 39.1 Å². The van der Waals surface area contributed by atoms with E-state index in [4.69, 9.17) is 5.11 Å². The number of carbonyl (C=O) groups excluding carboxylic acids is 1. The van der Waals surface area contributed by atoms with Gasteiger partial charge in [0.15, 0.2) is 0 Å². The van der Waals surface area contributed by atoms with Gasteiger partial charge in [-0.25, -0.2) is 4.79 Å². The number of benzene rings is 1. The van der Waals surface area contributed by atoms with Gasteiger partial charge in [0.05, 0.1) is 4.92 Å². The highest BCUT2D eigenvalue weighted by Crippen LogP contribution is 2.22. The topological polar surface area (TPSA) is 116 Å². The van der Waals surface area contributed by atoms with Gasteiger partial charge >= 0.3 is 12.0 Å². The average molecular weight is 336 g/mol. The number of anilines is 1. The van der Waals surface area contributed by atoms with Gasteiger partial charge in [0.1, 0.15) is 0 Å². The number of piperazine rings is 1. The molecular weight excluding hydrogens is 316 g/mol. The molecule has 0 unspecified atom stereocenters. The normalized spacial score (nSPS) is 14.3. The van der Waals surface area contributed by atoms with Crippen molar-refractivity contribution in [3.63, 3.8) is 0 Å². The van der Waals surface area contributed by atoms with Crippen molar-refractivity contribution in [1.82, 2.24) is 10.2 Å². The van der Waals surface area contributed by atoms with E-state index in [0.717, 1.165) is 5.69 Å². The van der Waals surface area contributed by atoms with Gasteiger partial charge in [-0.2, -0.15) is 0 Å². The van der Waals surface area contributed by atoms with Crippen LogP contribution in [0.2, 0.25) is 0 Å². The lowest BCUT2D eigenvalue weighted by molar-refractivity contribution is -0.384. The number of hydrogen-bond acceptors (Lipinski definition) is 5. The molecule has 2 N–H and O–H groups in total. The molecule has 1 aliphatic rings. The first-order valence-corrected chi connectivity index (χ1v) is 7.71. The Balaban J connectivity index is 1.80. The van der Waals surface area contributed by atoms with E-state index in [2.05, 4.69) is 5.32 Å². The third kappa shape index (κ3) is 4.83. The molecule has 0 aliphatic carbocycles. The molecule has 0 saturated carbocycles. The average Bonchev–Trinajstić information content (AvgIpc) is 2.58. The highest BCUT2D eigenvalue weighted by atomic mass is 16.6. The molecule has 0 radical (unpaired) electrons. The van der Waals surface area contributed by atoms with Gasteiger partial charge in [-0.1, -0.05) is 6.07 Å². The van der Waals surface area contributed by atoms with E-state index in [1.54, 1.807) is 11.0 Å². The van der Waals surface area contributed by atoms with Crippen molar-refractivity contribution in [3.05, 3.63) is 34.4 Å². The molecule has 1 aromatic carbocycles. The summed E-state index contributed by atoms with van der Waals surface area (Å²) in [5.74, 6) is -0.880. The number of amides is 2. The van der Waals surface area contributed by atoms with Gasteiger partial charge in [-0.15, -0.1) is 0 Å². The molecule has 1 heterocycles. The van der Waals surface area contributed by atoms with Crippen molar-refractivity contribution >= 4 is 23.4 Å². The summed E-state index contributed by atoms with van der Waals surface area (Å²) in [5, 5.41) is 22.1. The fourth-order valence-corrected chi connectivity index (χ4v) is 2.52. The Morgan fingerprint density at radius 2 is 1.96 bits per heavy atom. The predicted octanol–water partition coefficient (Wildman–Crippen LogP) is 1.29. The van der Waals surface area contributed by atoms with Crippen LogP contribution in [0.4, 0.5) is 16.2 Å². The lowest BCUT2D eigenvalue weighted by atomic mass is 10.2. The Hall–Kier alpha value is -2.84. The van der Waals surface area contributed by atoms with Crippen molar-refractivity contribution in [2.24, 2.45) is 0 Å². The van der Waals surface area contributed by atoms with Gasteiger partial charge in [0.25, 0.3) is 5.69 Å². The van der Waals surface area contributed by atoms with E-state index in [9.17, 15) is 19.7 Å². The maximum absolute atomic E-state index is 12.0. The summed E-state index contributed by atoms with van der Waals surface area (Å²) in [6.45, 7) is 2.52. The van der Waals surface area contributed by atoms with E-state index >= 15 is 0 Å². The molecular formula is C15H20N4O5. The number of urea groups is 1. The van der Waals surface area contributed by atoms with Crippen molar-refractivity contribution in [1.29, 1.82) is 0 Å². The maximum atomic E-state index is 12.0. The van der Waals surface area contributed by atoms with Gasteiger partial charge in [0.2, 0.25) is 0 Å². The fraction of sp³-hybridized carbons (Fsp3) is 0.467. The highest BCUT2D eigenvalue weighted by molar-refractivity contribution is 5.74. The highest BCUT2D eigenvalue weighted by Gasteiger charge is 2.21. The zero-order valence-corrected chi connectivity index (χ0v) is 13.2. The monoisotopic (exact) mass is 336 g/mol. The molecule has 2 rings (SSSR count). The molecule has 9 heteroatoms. The van der Waals surface area contributed by atoms with Crippen molar-refractivity contribution in [3.8, 4) is 0 Å². The zero-order valence-electron chi connectivity index (χ0n) is 13.2. The van der Waals surface area contributed by atoms with Crippen molar-refractivity contribution < 1.29 is 19.6 Å². The summed E-state index contributed by atoms with van der Waals surface area (Å²) in [5.41, 5.74) is 0.816. The first kappa shape index (κ1) is 17.5. The predicted molar refractivity (Wildman–Crippen MR) is 87.2 cm³/mol. The molecule has 1 saturated heterocycles. The summed E-state index contributed by atoms with van der Waals surface area (Å²) in [7, 11) is 0. The molecule has 0 bridgehead atoms. The Labute approximate surface area is 139 Å². The van der Waals surface area contributed by atoms with Gasteiger partial charge in [-0.05, 0) is 12.5 Å². The molecule has 24 heavy (non-hydrogen) atoms. The van der Waals surface area contributed by atoms with E-state index in [1.807, 2.05) is 11.0 Å². The SMILES string of the molecule is O=C(O)CCCNC(=O)N1CCN(c2cccc([N+](=O)[O-])c2)CC1. The molecule has 130 valence electrons. The molecule has 1 aromatic rings. The smallest absolute Gasteiger partial charge is 0.317 e. The number of carboxylic acid groups (broad SMARTS) is 1. The van der Waals surface area contributed by atoms with Crippen molar-refractivity contribution in [2.75, 3.05) is 37.6 Å². The third-order valence-corrected chi connectivity index (χ3v) is 3.82. The van der Waals surface area contributed by atoms with Crippen LogP contribution in [0.3, 0.4) is 0 Å². The number of non-ortho nitro benzene ring substituents is 1. The molecule has 1 aliphatic heterocycles. The van der Waals surface area contributed by atoms with Crippen LogP contribution in [0.25, 0.3) is 0 Å². The molecule has 0 aromatic heterocycles. The summed E-state index contributed by atoms with van der Waals surface area (Å²) in [6, 6.07) is 6.23. The maximum Gasteiger partial charge on any atom is 0.317 e. The Bertz CT molecular complexity index is 614. The van der Waals surface area contributed by atoms with Crippen LogP contribution in [-0.4, -0.2) is 59.7 Å². The van der Waals surface area contributed by atoms with Crippen LogP contribution >= 0.6 is 0 Å². The van der Waals surface area contributed by atoms with E-state index in [1.165, 1.54) is 12.1 Å². The lowest BCUT2D eigenvalue weighted by Gasteiger charge is -2.36. The molecule has 0 atom stereocenters. The van der Waals surface area contributed by atoms with Crippen LogP contribution in [0.1, 0.15) is 12.8 Å². The second kappa shape index (κ2) is 8.14. The number of nitro benzene ring substituents is 1. The van der Waals surface area contributed by atoms with E-state index < -0.39 is 10.9 Å². The minimum atomic E-state index is -0.880. The molecule has 1 fully saturated rings. The Morgan fingerprint density at radius 1 is 1.25 bits per heavy atom. The van der Waals surface area contributed by atoms with Crippen molar-refractivity contribution in [2.45, 2.75) is 12.8 Å². The Kier molecular flexibility index (Phi) is 5.94. The minimum absolute atomic E-state index is 0.0286. The minimum Gasteiger partial charge on any atom is -0.481 e. The van der Waals surface area contributed by atoms with Gasteiger partial charge in [0, 0.05) is 57.0 Å².